The molecule has 2 heterocycles. The van der Waals surface area contributed by atoms with Crippen LogP contribution in [0.4, 0.5) is 4.39 Å². The van der Waals surface area contributed by atoms with Crippen molar-refractivity contribution in [2.45, 2.75) is 39.5 Å². The molecule has 0 unspecified atom stereocenters. The minimum absolute atomic E-state index is 0.283. The van der Waals surface area contributed by atoms with Crippen LogP contribution in [0.1, 0.15) is 37.0 Å². The summed E-state index contributed by atoms with van der Waals surface area (Å²) in [5, 5.41) is 7.72. The smallest absolute Gasteiger partial charge is 0.360 e. The number of hydrogen-bond acceptors (Lipinski definition) is 4. The minimum atomic E-state index is -0.598. The van der Waals surface area contributed by atoms with Crippen molar-refractivity contribution in [2.75, 3.05) is 6.54 Å². The highest BCUT2D eigenvalue weighted by molar-refractivity contribution is 5.96. The molecule has 122 valence electrons. The highest BCUT2D eigenvalue weighted by Gasteiger charge is 2.28. The van der Waals surface area contributed by atoms with Crippen LogP contribution in [-0.2, 0) is 17.8 Å². The summed E-state index contributed by atoms with van der Waals surface area (Å²) in [5.74, 6) is -0.773. The molecule has 0 spiro atoms. The molecular formula is C17H20FN3O2. The van der Waals surface area contributed by atoms with Crippen LogP contribution < -0.4 is 5.32 Å². The summed E-state index contributed by atoms with van der Waals surface area (Å²) in [6.07, 6.45) is 0. The maximum atomic E-state index is 13.2. The van der Waals surface area contributed by atoms with Gasteiger partial charge >= 0.3 is 5.97 Å². The first kappa shape index (κ1) is 15.7. The van der Waals surface area contributed by atoms with Crippen molar-refractivity contribution < 1.29 is 13.9 Å². The van der Waals surface area contributed by atoms with Crippen molar-refractivity contribution in [1.82, 2.24) is 15.1 Å². The van der Waals surface area contributed by atoms with Gasteiger partial charge in [-0.25, -0.2) is 9.18 Å². The van der Waals surface area contributed by atoms with Crippen molar-refractivity contribution in [3.05, 3.63) is 41.5 Å². The summed E-state index contributed by atoms with van der Waals surface area (Å²) in [6, 6.07) is 6.09. The van der Waals surface area contributed by atoms with Gasteiger partial charge in [0.15, 0.2) is 5.69 Å². The minimum Gasteiger partial charge on any atom is -0.455 e. The van der Waals surface area contributed by atoms with E-state index in [2.05, 4.69) is 10.4 Å². The lowest BCUT2D eigenvalue weighted by atomic mass is 10.0. The maximum absolute atomic E-state index is 13.2. The Labute approximate surface area is 134 Å². The summed E-state index contributed by atoms with van der Waals surface area (Å²) < 4.78 is 20.5. The second kappa shape index (κ2) is 5.77. The van der Waals surface area contributed by atoms with Gasteiger partial charge in [0.1, 0.15) is 11.4 Å². The van der Waals surface area contributed by atoms with E-state index < -0.39 is 11.6 Å². The van der Waals surface area contributed by atoms with Crippen LogP contribution in [-0.4, -0.2) is 27.9 Å². The van der Waals surface area contributed by atoms with Gasteiger partial charge in [-0.3, -0.25) is 4.68 Å². The number of carbonyl (C=O) groups excluding carboxylic acids is 1. The lowest BCUT2D eigenvalue weighted by Crippen LogP contribution is -2.28. The Morgan fingerprint density at radius 1 is 1.30 bits per heavy atom. The molecule has 1 aromatic carbocycles. The Bertz CT molecular complexity index is 730. The van der Waals surface area contributed by atoms with Gasteiger partial charge in [-0.1, -0.05) is 12.1 Å². The molecule has 1 aliphatic rings. The number of nitrogens with one attached hydrogen (secondary N) is 1. The quantitative estimate of drug-likeness (QED) is 0.865. The molecular weight excluding hydrogens is 297 g/mol. The van der Waals surface area contributed by atoms with E-state index in [0.717, 1.165) is 17.8 Å². The largest absolute Gasteiger partial charge is 0.455 e. The molecule has 2 aromatic rings. The van der Waals surface area contributed by atoms with E-state index in [1.54, 1.807) is 12.1 Å². The fraction of sp³-hybridized carbons (Fsp3) is 0.412. The average molecular weight is 317 g/mol. The zero-order chi connectivity index (χ0) is 16.6. The van der Waals surface area contributed by atoms with Crippen molar-refractivity contribution >= 4 is 5.97 Å². The third-order valence-corrected chi connectivity index (χ3v) is 3.58. The summed E-state index contributed by atoms with van der Waals surface area (Å²) >= 11 is 0. The zero-order valence-electron chi connectivity index (χ0n) is 13.5. The summed E-state index contributed by atoms with van der Waals surface area (Å²) in [6.45, 7) is 7.56. The van der Waals surface area contributed by atoms with Crippen LogP contribution in [0, 0.1) is 5.82 Å². The van der Waals surface area contributed by atoms with Gasteiger partial charge < -0.3 is 10.1 Å². The van der Waals surface area contributed by atoms with Gasteiger partial charge in [-0.05, 0) is 38.5 Å². The Kier molecular flexibility index (Phi) is 3.93. The Balaban J connectivity index is 2.10. The zero-order valence-corrected chi connectivity index (χ0v) is 13.5. The van der Waals surface area contributed by atoms with Crippen molar-refractivity contribution in [3.8, 4) is 11.1 Å². The lowest BCUT2D eigenvalue weighted by Gasteiger charge is -2.19. The first-order valence-corrected chi connectivity index (χ1v) is 7.65. The van der Waals surface area contributed by atoms with Crippen molar-refractivity contribution in [2.24, 2.45) is 0 Å². The molecule has 0 bridgehead atoms. The van der Waals surface area contributed by atoms with Gasteiger partial charge in [0.25, 0.3) is 0 Å². The van der Waals surface area contributed by atoms with Crippen LogP contribution in [0.3, 0.4) is 0 Å². The van der Waals surface area contributed by atoms with Gasteiger partial charge in [0.05, 0.1) is 12.2 Å². The van der Waals surface area contributed by atoms with Crippen LogP contribution in [0.15, 0.2) is 24.3 Å². The van der Waals surface area contributed by atoms with Crippen LogP contribution in [0.2, 0.25) is 0 Å². The number of esters is 1. The molecule has 1 N–H and O–H groups in total. The van der Waals surface area contributed by atoms with Crippen molar-refractivity contribution in [3.63, 3.8) is 0 Å². The third-order valence-electron chi connectivity index (χ3n) is 3.58. The molecule has 1 aliphatic heterocycles. The molecule has 0 amide bonds. The first-order valence-electron chi connectivity index (χ1n) is 7.65. The predicted octanol–water partition coefficient (Wildman–Crippen LogP) is 2.75. The average Bonchev–Trinajstić information content (AvgIpc) is 2.86. The fourth-order valence-electron chi connectivity index (χ4n) is 2.64. The Hall–Kier alpha value is -2.21. The van der Waals surface area contributed by atoms with Gasteiger partial charge in [0.2, 0.25) is 0 Å². The lowest BCUT2D eigenvalue weighted by molar-refractivity contribution is 0.00628. The monoisotopic (exact) mass is 317 g/mol. The maximum Gasteiger partial charge on any atom is 0.360 e. The normalized spacial score (nSPS) is 14.4. The number of ether oxygens (including phenoxy) is 1. The predicted molar refractivity (Wildman–Crippen MR) is 84.5 cm³/mol. The molecule has 5 nitrogen and oxygen atoms in total. The Morgan fingerprint density at radius 2 is 2.00 bits per heavy atom. The summed E-state index contributed by atoms with van der Waals surface area (Å²) in [4.78, 5) is 12.5. The van der Waals surface area contributed by atoms with Gasteiger partial charge in [0, 0.05) is 18.7 Å². The molecule has 0 saturated carbocycles. The van der Waals surface area contributed by atoms with E-state index in [0.29, 0.717) is 18.7 Å². The van der Waals surface area contributed by atoms with Gasteiger partial charge in [-0.2, -0.15) is 5.10 Å². The van der Waals surface area contributed by atoms with Crippen LogP contribution in [0.25, 0.3) is 11.1 Å². The molecule has 1 aromatic heterocycles. The highest BCUT2D eigenvalue weighted by Crippen LogP contribution is 2.30. The molecule has 0 saturated heterocycles. The molecule has 6 heteroatoms. The van der Waals surface area contributed by atoms with Crippen LogP contribution in [0.5, 0.6) is 0 Å². The highest BCUT2D eigenvalue weighted by atomic mass is 19.1. The standard InChI is InChI=1S/C17H20FN3O2/c1-17(2,3)23-16(22)15-14(11-4-6-12(18)7-5-11)13-10-19-8-9-21(13)20-15/h4-7,19H,8-10H2,1-3H3. The number of aromatic nitrogens is 2. The van der Waals surface area contributed by atoms with E-state index in [4.69, 9.17) is 4.74 Å². The number of nitrogens with zero attached hydrogens (tertiary/aromatic N) is 2. The summed E-state index contributed by atoms with van der Waals surface area (Å²) in [7, 11) is 0. The topological polar surface area (TPSA) is 56.1 Å². The Morgan fingerprint density at radius 3 is 2.65 bits per heavy atom. The molecule has 3 rings (SSSR count). The fourth-order valence-corrected chi connectivity index (χ4v) is 2.64. The van der Waals surface area contributed by atoms with Gasteiger partial charge in [-0.15, -0.1) is 0 Å². The van der Waals surface area contributed by atoms with E-state index in [1.807, 2.05) is 25.5 Å². The summed E-state index contributed by atoms with van der Waals surface area (Å²) in [5.41, 5.74) is 2.08. The van der Waals surface area contributed by atoms with E-state index in [9.17, 15) is 9.18 Å². The molecule has 0 aliphatic carbocycles. The third kappa shape index (κ3) is 3.27. The number of fused-ring (bicyclic) bond motifs is 1. The van der Waals surface area contributed by atoms with E-state index in [-0.39, 0.29) is 11.5 Å². The second-order valence-electron chi connectivity index (χ2n) is 6.58. The number of halogens is 1. The van der Waals surface area contributed by atoms with Crippen LogP contribution >= 0.6 is 0 Å². The number of hydrogen-bond donors (Lipinski definition) is 1. The SMILES string of the molecule is CC(C)(C)OC(=O)c1nn2c(c1-c1ccc(F)cc1)CNCC2. The second-order valence-corrected chi connectivity index (χ2v) is 6.58. The number of carbonyl (C=O) groups is 1. The van der Waals surface area contributed by atoms with Crippen molar-refractivity contribution in [1.29, 1.82) is 0 Å². The molecule has 0 radical (unpaired) electrons. The molecule has 0 atom stereocenters. The number of benzene rings is 1. The first-order chi connectivity index (χ1) is 10.8. The molecule has 0 fully saturated rings. The number of rotatable bonds is 2. The molecule has 23 heavy (non-hydrogen) atoms. The van der Waals surface area contributed by atoms with E-state index >= 15 is 0 Å². The van der Waals surface area contributed by atoms with E-state index in [1.165, 1.54) is 12.1 Å².